The van der Waals surface area contributed by atoms with Crippen LogP contribution in [0.4, 0.5) is 59.8 Å². The van der Waals surface area contributed by atoms with Gasteiger partial charge < -0.3 is 21.3 Å². The summed E-state index contributed by atoms with van der Waals surface area (Å²) in [6.45, 7) is 4.34. The van der Waals surface area contributed by atoms with Gasteiger partial charge in [0.05, 0.1) is 11.1 Å². The molecule has 0 spiro atoms. The topological polar surface area (TPSA) is 91.0 Å². The molecular formula is C22H20F6N6O. The third kappa shape index (κ3) is 7.22. The lowest BCUT2D eigenvalue weighted by Gasteiger charge is -2.15. The van der Waals surface area contributed by atoms with E-state index in [0.29, 0.717) is 41.8 Å². The number of carbonyl (C=O) groups excluding carboxylic acids is 1. The molecule has 3 aromatic rings. The number of hydrogen-bond donors (Lipinski definition) is 4. The van der Waals surface area contributed by atoms with Crippen molar-refractivity contribution < 1.29 is 31.1 Å². The molecule has 186 valence electrons. The maximum absolute atomic E-state index is 13.0. The highest BCUT2D eigenvalue weighted by Crippen LogP contribution is 2.37. The molecule has 1 aromatic heterocycles. The zero-order valence-corrected chi connectivity index (χ0v) is 18.4. The SMILES string of the molecule is CCNc1cc(Nc2ccc(NC(=O)Nc3cc(C(F)(F)F)cc(C(F)(F)F)c3)cc2)nc(C)n1. The third-order valence-corrected chi connectivity index (χ3v) is 4.46. The van der Waals surface area contributed by atoms with Gasteiger partial charge in [0.1, 0.15) is 17.5 Å². The molecule has 13 heteroatoms. The molecule has 0 aliphatic rings. The molecule has 1 heterocycles. The van der Waals surface area contributed by atoms with E-state index in [1.165, 1.54) is 12.1 Å². The van der Waals surface area contributed by atoms with Gasteiger partial charge in [0.15, 0.2) is 0 Å². The molecule has 2 amide bonds. The Morgan fingerprint density at radius 2 is 1.29 bits per heavy atom. The number of nitrogens with one attached hydrogen (secondary N) is 4. The summed E-state index contributed by atoms with van der Waals surface area (Å²) in [6.07, 6.45) is -10.0. The number of aryl methyl sites for hydroxylation is 1. The molecule has 0 saturated carbocycles. The van der Waals surface area contributed by atoms with E-state index < -0.39 is 35.2 Å². The second kappa shape index (κ2) is 10.1. The van der Waals surface area contributed by atoms with Crippen LogP contribution >= 0.6 is 0 Å². The van der Waals surface area contributed by atoms with E-state index >= 15 is 0 Å². The predicted molar refractivity (Wildman–Crippen MR) is 120 cm³/mol. The van der Waals surface area contributed by atoms with Crippen LogP contribution in [0.5, 0.6) is 0 Å². The first-order chi connectivity index (χ1) is 16.3. The van der Waals surface area contributed by atoms with E-state index in [4.69, 9.17) is 0 Å². The molecule has 0 aliphatic heterocycles. The van der Waals surface area contributed by atoms with Crippen LogP contribution in [-0.2, 0) is 12.4 Å². The van der Waals surface area contributed by atoms with Crippen molar-refractivity contribution in [2.75, 3.05) is 27.8 Å². The minimum Gasteiger partial charge on any atom is -0.370 e. The highest BCUT2D eigenvalue weighted by atomic mass is 19.4. The number of aromatic nitrogens is 2. The lowest BCUT2D eigenvalue weighted by Crippen LogP contribution is -2.20. The summed E-state index contributed by atoms with van der Waals surface area (Å²) in [4.78, 5) is 20.7. The standard InChI is InChI=1S/C22H20F6N6O/c1-3-29-18-11-19(31-12(2)30-18)32-15-4-6-16(7-5-15)33-20(35)34-17-9-13(21(23,24)25)8-14(10-17)22(26,27)28/h4-11H,3H2,1-2H3,(H2,33,34,35)(H2,29,30,31,32). The molecule has 0 fully saturated rings. The van der Waals surface area contributed by atoms with Crippen molar-refractivity contribution in [3.63, 3.8) is 0 Å². The number of benzene rings is 2. The predicted octanol–water partition coefficient (Wildman–Crippen LogP) is 6.64. The van der Waals surface area contributed by atoms with E-state index in [0.717, 1.165) is 0 Å². The highest BCUT2D eigenvalue weighted by Gasteiger charge is 2.37. The summed E-state index contributed by atoms with van der Waals surface area (Å²) in [6, 6.07) is 7.72. The fraction of sp³-hybridized carbons (Fsp3) is 0.227. The minimum absolute atomic E-state index is 0.0186. The Hall–Kier alpha value is -4.03. The first kappa shape index (κ1) is 25.6. The summed E-state index contributed by atoms with van der Waals surface area (Å²) in [5.74, 6) is 1.71. The van der Waals surface area contributed by atoms with Crippen LogP contribution < -0.4 is 21.3 Å². The molecule has 4 N–H and O–H groups in total. The van der Waals surface area contributed by atoms with Crippen LogP contribution in [-0.4, -0.2) is 22.5 Å². The normalized spacial score (nSPS) is 11.7. The van der Waals surface area contributed by atoms with E-state index in [9.17, 15) is 31.1 Å². The molecule has 0 aliphatic carbocycles. The van der Waals surface area contributed by atoms with Crippen molar-refractivity contribution in [1.82, 2.24) is 9.97 Å². The van der Waals surface area contributed by atoms with Gasteiger partial charge in [-0.15, -0.1) is 0 Å². The monoisotopic (exact) mass is 498 g/mol. The number of anilines is 5. The van der Waals surface area contributed by atoms with Gasteiger partial charge in [0.25, 0.3) is 0 Å². The molecule has 2 aromatic carbocycles. The number of alkyl halides is 6. The van der Waals surface area contributed by atoms with Crippen LogP contribution in [0.1, 0.15) is 23.9 Å². The second-order valence-electron chi connectivity index (χ2n) is 7.29. The Labute approximate surface area is 196 Å². The van der Waals surface area contributed by atoms with Crippen LogP contribution in [0.2, 0.25) is 0 Å². The number of urea groups is 1. The molecule has 0 unspecified atom stereocenters. The molecule has 0 radical (unpaired) electrons. The molecule has 0 saturated heterocycles. The molecule has 0 bridgehead atoms. The lowest BCUT2D eigenvalue weighted by molar-refractivity contribution is -0.143. The van der Waals surface area contributed by atoms with Crippen LogP contribution in [0.15, 0.2) is 48.5 Å². The molecule has 7 nitrogen and oxygen atoms in total. The van der Waals surface area contributed by atoms with Gasteiger partial charge in [0, 0.05) is 29.7 Å². The van der Waals surface area contributed by atoms with E-state index in [1.54, 1.807) is 25.1 Å². The van der Waals surface area contributed by atoms with Gasteiger partial charge in [-0.1, -0.05) is 0 Å². The highest BCUT2D eigenvalue weighted by molar-refractivity contribution is 6.00. The number of rotatable bonds is 6. The second-order valence-corrected chi connectivity index (χ2v) is 7.29. The third-order valence-electron chi connectivity index (χ3n) is 4.46. The Kier molecular flexibility index (Phi) is 7.37. The van der Waals surface area contributed by atoms with E-state index in [-0.39, 0.29) is 11.8 Å². The molecule has 3 rings (SSSR count). The maximum atomic E-state index is 13.0. The van der Waals surface area contributed by atoms with Crippen molar-refractivity contribution >= 4 is 34.7 Å². The van der Waals surface area contributed by atoms with Crippen molar-refractivity contribution in [2.24, 2.45) is 0 Å². The summed E-state index contributed by atoms with van der Waals surface area (Å²) in [7, 11) is 0. The number of hydrogen-bond acceptors (Lipinski definition) is 5. The van der Waals surface area contributed by atoms with Crippen LogP contribution in [0.3, 0.4) is 0 Å². The summed E-state index contributed by atoms with van der Waals surface area (Å²) in [5.41, 5.74) is -2.85. The average molecular weight is 498 g/mol. The Morgan fingerprint density at radius 3 is 1.83 bits per heavy atom. The van der Waals surface area contributed by atoms with E-state index in [1.807, 2.05) is 12.2 Å². The first-order valence-electron chi connectivity index (χ1n) is 10.2. The zero-order valence-electron chi connectivity index (χ0n) is 18.4. The van der Waals surface area contributed by atoms with Gasteiger partial charge in [-0.25, -0.2) is 14.8 Å². The van der Waals surface area contributed by atoms with Crippen molar-refractivity contribution in [3.8, 4) is 0 Å². The fourth-order valence-electron chi connectivity index (χ4n) is 3.01. The fourth-order valence-corrected chi connectivity index (χ4v) is 3.01. The zero-order chi connectivity index (χ0) is 25.8. The Bertz CT molecular complexity index is 1160. The van der Waals surface area contributed by atoms with Gasteiger partial charge in [-0.3, -0.25) is 0 Å². The van der Waals surface area contributed by atoms with Crippen LogP contribution in [0.25, 0.3) is 0 Å². The van der Waals surface area contributed by atoms with Gasteiger partial charge in [-0.2, -0.15) is 26.3 Å². The summed E-state index contributed by atoms with van der Waals surface area (Å²) in [5, 5.41) is 10.5. The number of amides is 2. The van der Waals surface area contributed by atoms with E-state index in [2.05, 4.69) is 25.9 Å². The van der Waals surface area contributed by atoms with Crippen molar-refractivity contribution in [1.29, 1.82) is 0 Å². The van der Waals surface area contributed by atoms with Gasteiger partial charge in [-0.05, 0) is 56.3 Å². The molecule has 0 atom stereocenters. The first-order valence-corrected chi connectivity index (χ1v) is 10.2. The molecule has 35 heavy (non-hydrogen) atoms. The maximum Gasteiger partial charge on any atom is 0.416 e. The van der Waals surface area contributed by atoms with Gasteiger partial charge in [0.2, 0.25) is 0 Å². The molecular weight excluding hydrogens is 478 g/mol. The average Bonchev–Trinajstić information content (AvgIpc) is 2.73. The number of carbonyl (C=O) groups is 1. The van der Waals surface area contributed by atoms with Crippen molar-refractivity contribution in [3.05, 3.63) is 65.5 Å². The summed E-state index contributed by atoms with van der Waals surface area (Å²) >= 11 is 0. The Balaban J connectivity index is 1.69. The van der Waals surface area contributed by atoms with Gasteiger partial charge >= 0.3 is 18.4 Å². The number of halogens is 6. The van der Waals surface area contributed by atoms with Crippen LogP contribution in [0, 0.1) is 6.92 Å². The number of nitrogens with zero attached hydrogens (tertiary/aromatic N) is 2. The van der Waals surface area contributed by atoms with Crippen molar-refractivity contribution in [2.45, 2.75) is 26.2 Å². The Morgan fingerprint density at radius 1 is 0.771 bits per heavy atom. The minimum atomic E-state index is -5.02. The smallest absolute Gasteiger partial charge is 0.370 e. The quantitative estimate of drug-likeness (QED) is 0.286. The lowest BCUT2D eigenvalue weighted by atomic mass is 10.1. The largest absolute Gasteiger partial charge is 0.416 e. The summed E-state index contributed by atoms with van der Waals surface area (Å²) < 4.78 is 77.9.